The first-order valence-electron chi connectivity index (χ1n) is 6.96. The van der Waals surface area contributed by atoms with Crippen LogP contribution in [0.4, 0.5) is 5.82 Å². The first kappa shape index (κ1) is 12.5. The Labute approximate surface area is 105 Å². The molecular weight excluding hydrogens is 210 g/mol. The predicted octanol–water partition coefficient (Wildman–Crippen LogP) is 3.80. The summed E-state index contributed by atoms with van der Waals surface area (Å²) in [5.41, 5.74) is 1.25. The van der Waals surface area contributed by atoms with E-state index >= 15 is 0 Å². The van der Waals surface area contributed by atoms with Gasteiger partial charge in [0.25, 0.3) is 0 Å². The molecule has 0 radical (unpaired) electrons. The third kappa shape index (κ3) is 2.48. The van der Waals surface area contributed by atoms with Crippen molar-refractivity contribution in [1.29, 1.82) is 0 Å². The highest BCUT2D eigenvalue weighted by molar-refractivity contribution is 5.40. The molecule has 0 amide bonds. The van der Waals surface area contributed by atoms with Gasteiger partial charge in [-0.3, -0.25) is 0 Å². The molecular formula is C14H25N3. The summed E-state index contributed by atoms with van der Waals surface area (Å²) in [6, 6.07) is 2.81. The zero-order valence-electron chi connectivity index (χ0n) is 11.5. The van der Waals surface area contributed by atoms with Crippen LogP contribution in [0.5, 0.6) is 0 Å². The highest BCUT2D eigenvalue weighted by Gasteiger charge is 2.24. The zero-order chi connectivity index (χ0) is 12.4. The SMILES string of the molecule is CCCC(C)c1cc2n(n1)C(C(C)C)CCN2. The summed E-state index contributed by atoms with van der Waals surface area (Å²) in [5.74, 6) is 2.45. The number of rotatable bonds is 4. The lowest BCUT2D eigenvalue weighted by molar-refractivity contribution is 0.320. The van der Waals surface area contributed by atoms with Gasteiger partial charge in [0.2, 0.25) is 0 Å². The van der Waals surface area contributed by atoms with Crippen molar-refractivity contribution in [2.45, 2.75) is 58.9 Å². The lowest BCUT2D eigenvalue weighted by atomic mass is 10.00. The highest BCUT2D eigenvalue weighted by Crippen LogP contribution is 2.32. The molecule has 0 aliphatic carbocycles. The molecule has 0 bridgehead atoms. The largest absolute Gasteiger partial charge is 0.370 e. The molecule has 3 heteroatoms. The number of nitrogens with zero attached hydrogens (tertiary/aromatic N) is 2. The second-order valence-electron chi connectivity index (χ2n) is 5.62. The van der Waals surface area contributed by atoms with Crippen LogP contribution in [0.1, 0.15) is 64.6 Å². The maximum atomic E-state index is 4.83. The fraction of sp³-hybridized carbons (Fsp3) is 0.786. The molecule has 0 aromatic carbocycles. The van der Waals surface area contributed by atoms with E-state index in [1.165, 1.54) is 30.8 Å². The maximum absolute atomic E-state index is 4.83. The quantitative estimate of drug-likeness (QED) is 0.860. The molecule has 2 rings (SSSR count). The Balaban J connectivity index is 2.24. The number of fused-ring (bicyclic) bond motifs is 1. The minimum Gasteiger partial charge on any atom is -0.370 e. The van der Waals surface area contributed by atoms with Crippen LogP contribution in [0.15, 0.2) is 6.07 Å². The van der Waals surface area contributed by atoms with Gasteiger partial charge in [0.15, 0.2) is 0 Å². The lowest BCUT2D eigenvalue weighted by Gasteiger charge is -2.28. The number of aromatic nitrogens is 2. The average molecular weight is 235 g/mol. The fourth-order valence-electron chi connectivity index (χ4n) is 2.71. The van der Waals surface area contributed by atoms with Gasteiger partial charge in [0.05, 0.1) is 11.7 Å². The van der Waals surface area contributed by atoms with Gasteiger partial charge >= 0.3 is 0 Å². The summed E-state index contributed by atoms with van der Waals surface area (Å²) in [6.07, 6.45) is 3.64. The van der Waals surface area contributed by atoms with Gasteiger partial charge in [-0.05, 0) is 18.8 Å². The van der Waals surface area contributed by atoms with E-state index in [-0.39, 0.29) is 0 Å². The van der Waals surface area contributed by atoms with Gasteiger partial charge in [-0.1, -0.05) is 34.1 Å². The Morgan fingerprint density at radius 2 is 2.24 bits per heavy atom. The number of nitrogens with one attached hydrogen (secondary N) is 1. The van der Waals surface area contributed by atoms with E-state index in [1.807, 2.05) is 0 Å². The molecule has 2 unspecified atom stereocenters. The first-order valence-corrected chi connectivity index (χ1v) is 6.96. The molecule has 1 aromatic rings. The van der Waals surface area contributed by atoms with Crippen molar-refractivity contribution in [3.8, 4) is 0 Å². The van der Waals surface area contributed by atoms with E-state index in [9.17, 15) is 0 Å². The molecule has 0 spiro atoms. The summed E-state index contributed by atoms with van der Waals surface area (Å²) in [6.45, 7) is 10.2. The van der Waals surface area contributed by atoms with Crippen LogP contribution in [0, 0.1) is 5.92 Å². The van der Waals surface area contributed by atoms with Crippen molar-refractivity contribution in [3.63, 3.8) is 0 Å². The van der Waals surface area contributed by atoms with Crippen molar-refractivity contribution in [1.82, 2.24) is 9.78 Å². The molecule has 2 atom stereocenters. The van der Waals surface area contributed by atoms with Crippen LogP contribution < -0.4 is 5.32 Å². The molecule has 1 N–H and O–H groups in total. The van der Waals surface area contributed by atoms with Crippen molar-refractivity contribution >= 4 is 5.82 Å². The zero-order valence-corrected chi connectivity index (χ0v) is 11.5. The summed E-state index contributed by atoms with van der Waals surface area (Å²) in [7, 11) is 0. The Morgan fingerprint density at radius 3 is 2.88 bits per heavy atom. The summed E-state index contributed by atoms with van der Waals surface area (Å²) in [4.78, 5) is 0. The number of hydrogen-bond acceptors (Lipinski definition) is 2. The van der Waals surface area contributed by atoms with Crippen LogP contribution in [0.25, 0.3) is 0 Å². The van der Waals surface area contributed by atoms with E-state index in [2.05, 4.69) is 43.8 Å². The molecule has 1 aliphatic heterocycles. The van der Waals surface area contributed by atoms with E-state index in [4.69, 9.17) is 5.10 Å². The summed E-state index contributed by atoms with van der Waals surface area (Å²) < 4.78 is 2.22. The van der Waals surface area contributed by atoms with E-state index in [0.29, 0.717) is 17.9 Å². The van der Waals surface area contributed by atoms with Gasteiger partial charge in [-0.2, -0.15) is 5.10 Å². The summed E-state index contributed by atoms with van der Waals surface area (Å²) >= 11 is 0. The van der Waals surface area contributed by atoms with Gasteiger partial charge in [-0.15, -0.1) is 0 Å². The molecule has 1 aromatic heterocycles. The average Bonchev–Trinajstić information content (AvgIpc) is 2.72. The van der Waals surface area contributed by atoms with Crippen LogP contribution in [-0.2, 0) is 0 Å². The van der Waals surface area contributed by atoms with Crippen molar-refractivity contribution in [2.24, 2.45) is 5.92 Å². The molecule has 3 nitrogen and oxygen atoms in total. The van der Waals surface area contributed by atoms with Crippen LogP contribution in [0.3, 0.4) is 0 Å². The smallest absolute Gasteiger partial charge is 0.124 e. The Kier molecular flexibility index (Phi) is 3.75. The highest BCUT2D eigenvalue weighted by atomic mass is 15.4. The van der Waals surface area contributed by atoms with Crippen molar-refractivity contribution < 1.29 is 0 Å². The molecule has 17 heavy (non-hydrogen) atoms. The van der Waals surface area contributed by atoms with Gasteiger partial charge in [-0.25, -0.2) is 4.68 Å². The Morgan fingerprint density at radius 1 is 1.47 bits per heavy atom. The predicted molar refractivity (Wildman–Crippen MR) is 72.5 cm³/mol. The topological polar surface area (TPSA) is 29.9 Å². The van der Waals surface area contributed by atoms with Crippen LogP contribution in [-0.4, -0.2) is 16.3 Å². The lowest BCUT2D eigenvalue weighted by Crippen LogP contribution is -2.26. The fourth-order valence-corrected chi connectivity index (χ4v) is 2.71. The number of hydrogen-bond donors (Lipinski definition) is 1. The van der Waals surface area contributed by atoms with Gasteiger partial charge < -0.3 is 5.32 Å². The molecule has 0 fully saturated rings. The minimum atomic E-state index is 0.564. The van der Waals surface area contributed by atoms with E-state index in [1.54, 1.807) is 0 Å². The maximum Gasteiger partial charge on any atom is 0.124 e. The Bertz CT molecular complexity index is 368. The van der Waals surface area contributed by atoms with Crippen LogP contribution in [0.2, 0.25) is 0 Å². The third-order valence-electron chi connectivity index (χ3n) is 3.81. The van der Waals surface area contributed by atoms with Crippen LogP contribution >= 0.6 is 0 Å². The Hall–Kier alpha value is -0.990. The minimum absolute atomic E-state index is 0.564. The second-order valence-corrected chi connectivity index (χ2v) is 5.62. The molecule has 0 saturated heterocycles. The molecule has 1 aliphatic rings. The van der Waals surface area contributed by atoms with E-state index < -0.39 is 0 Å². The van der Waals surface area contributed by atoms with Crippen molar-refractivity contribution in [3.05, 3.63) is 11.8 Å². The van der Waals surface area contributed by atoms with Gasteiger partial charge in [0, 0.05) is 18.5 Å². The number of anilines is 1. The second kappa shape index (κ2) is 5.11. The normalized spacial score (nSPS) is 21.1. The summed E-state index contributed by atoms with van der Waals surface area (Å²) in [5, 5.41) is 8.29. The first-order chi connectivity index (χ1) is 8.13. The molecule has 0 saturated carbocycles. The standard InChI is InChI=1S/C14H25N3/c1-5-6-11(4)12-9-14-15-8-7-13(10(2)3)17(14)16-12/h9-11,13,15H,5-8H2,1-4H3. The van der Waals surface area contributed by atoms with E-state index in [0.717, 1.165) is 6.54 Å². The molecule has 2 heterocycles. The monoisotopic (exact) mass is 235 g/mol. The third-order valence-corrected chi connectivity index (χ3v) is 3.81. The molecule has 96 valence electrons. The van der Waals surface area contributed by atoms with Gasteiger partial charge in [0.1, 0.15) is 5.82 Å². The van der Waals surface area contributed by atoms with Crippen molar-refractivity contribution in [2.75, 3.05) is 11.9 Å².